The molecule has 0 bridgehead atoms. The van der Waals surface area contributed by atoms with Crippen LogP contribution in [-0.4, -0.2) is 6.61 Å². The molecule has 0 saturated heterocycles. The molecule has 2 rings (SSSR count). The maximum atomic E-state index is 12.3. The number of nitrogens with two attached hydrogens (primary N) is 1. The van der Waals surface area contributed by atoms with E-state index in [1.165, 1.54) is 12.5 Å². The summed E-state index contributed by atoms with van der Waals surface area (Å²) >= 11 is 0. The van der Waals surface area contributed by atoms with E-state index < -0.39 is 6.61 Å². The van der Waals surface area contributed by atoms with Crippen molar-refractivity contribution in [2.24, 2.45) is 23.6 Å². The SMILES string of the molecule is CC1CC(C)CC(C(NN)c2cccc(OC(F)F)c2)C1. The van der Waals surface area contributed by atoms with Gasteiger partial charge in [-0.15, -0.1) is 0 Å². The molecule has 1 aromatic carbocycles. The van der Waals surface area contributed by atoms with Crippen LogP contribution in [0.5, 0.6) is 5.75 Å². The monoisotopic (exact) mass is 298 g/mol. The average molecular weight is 298 g/mol. The lowest BCUT2D eigenvalue weighted by molar-refractivity contribution is -0.0499. The molecule has 3 nitrogen and oxygen atoms in total. The predicted molar refractivity (Wildman–Crippen MR) is 78.8 cm³/mol. The van der Waals surface area contributed by atoms with Crippen molar-refractivity contribution in [3.05, 3.63) is 29.8 Å². The van der Waals surface area contributed by atoms with Gasteiger partial charge in [0.2, 0.25) is 0 Å². The van der Waals surface area contributed by atoms with Crippen LogP contribution >= 0.6 is 0 Å². The lowest BCUT2D eigenvalue weighted by Crippen LogP contribution is -2.37. The third-order valence-electron chi connectivity index (χ3n) is 4.31. The highest BCUT2D eigenvalue weighted by Crippen LogP contribution is 2.40. The molecule has 1 saturated carbocycles. The van der Waals surface area contributed by atoms with Gasteiger partial charge < -0.3 is 4.74 Å². The molecule has 1 aliphatic carbocycles. The largest absolute Gasteiger partial charge is 0.435 e. The summed E-state index contributed by atoms with van der Waals surface area (Å²) in [5, 5.41) is 0. The number of nitrogens with one attached hydrogen (secondary N) is 1. The molecule has 5 heteroatoms. The van der Waals surface area contributed by atoms with Gasteiger partial charge in [-0.05, 0) is 54.7 Å². The smallest absolute Gasteiger partial charge is 0.387 e. The highest BCUT2D eigenvalue weighted by atomic mass is 19.3. The summed E-state index contributed by atoms with van der Waals surface area (Å²) in [4.78, 5) is 0. The molecular formula is C16H24F2N2O. The van der Waals surface area contributed by atoms with Gasteiger partial charge >= 0.3 is 6.61 Å². The minimum Gasteiger partial charge on any atom is -0.435 e. The minimum atomic E-state index is -2.81. The van der Waals surface area contributed by atoms with Crippen molar-refractivity contribution in [2.45, 2.75) is 45.8 Å². The molecule has 0 spiro atoms. The molecule has 0 aliphatic heterocycles. The number of hydrogen-bond acceptors (Lipinski definition) is 3. The summed E-state index contributed by atoms with van der Waals surface area (Å²) in [6, 6.07) is 6.80. The Morgan fingerprint density at radius 3 is 2.43 bits per heavy atom. The topological polar surface area (TPSA) is 47.3 Å². The summed E-state index contributed by atoms with van der Waals surface area (Å²) in [6.45, 7) is 1.71. The van der Waals surface area contributed by atoms with Gasteiger partial charge in [-0.3, -0.25) is 11.3 Å². The Kier molecular flexibility index (Phi) is 5.53. The number of hydrogen-bond donors (Lipinski definition) is 2. The van der Waals surface area contributed by atoms with Crippen molar-refractivity contribution in [1.82, 2.24) is 5.43 Å². The second-order valence-electron chi connectivity index (χ2n) is 6.27. The van der Waals surface area contributed by atoms with E-state index in [1.54, 1.807) is 12.1 Å². The van der Waals surface area contributed by atoms with E-state index >= 15 is 0 Å². The molecule has 3 unspecified atom stereocenters. The van der Waals surface area contributed by atoms with E-state index in [0.717, 1.165) is 18.4 Å². The Morgan fingerprint density at radius 1 is 1.19 bits per heavy atom. The number of alkyl halides is 2. The van der Waals surface area contributed by atoms with Gasteiger partial charge in [0, 0.05) is 6.04 Å². The first-order valence-corrected chi connectivity index (χ1v) is 7.50. The van der Waals surface area contributed by atoms with E-state index in [0.29, 0.717) is 17.8 Å². The molecule has 0 heterocycles. The molecule has 1 aliphatic rings. The number of hydrazine groups is 1. The van der Waals surface area contributed by atoms with Crippen LogP contribution in [0.2, 0.25) is 0 Å². The van der Waals surface area contributed by atoms with Crippen LogP contribution < -0.4 is 16.0 Å². The second-order valence-corrected chi connectivity index (χ2v) is 6.27. The Labute approximate surface area is 124 Å². The molecule has 0 aromatic heterocycles. The van der Waals surface area contributed by atoms with Crippen LogP contribution in [0.3, 0.4) is 0 Å². The van der Waals surface area contributed by atoms with E-state index in [9.17, 15) is 8.78 Å². The van der Waals surface area contributed by atoms with Crippen LogP contribution in [0.15, 0.2) is 24.3 Å². The van der Waals surface area contributed by atoms with Crippen molar-refractivity contribution in [3.8, 4) is 5.75 Å². The van der Waals surface area contributed by atoms with Crippen LogP contribution in [0.1, 0.15) is 44.7 Å². The van der Waals surface area contributed by atoms with Gasteiger partial charge in [0.15, 0.2) is 0 Å². The zero-order chi connectivity index (χ0) is 15.4. The molecule has 21 heavy (non-hydrogen) atoms. The summed E-state index contributed by atoms with van der Waals surface area (Å²) < 4.78 is 29.1. The second kappa shape index (κ2) is 7.18. The number of halogens is 2. The Bertz CT molecular complexity index is 446. The van der Waals surface area contributed by atoms with E-state index in [4.69, 9.17) is 5.84 Å². The Morgan fingerprint density at radius 2 is 1.86 bits per heavy atom. The van der Waals surface area contributed by atoms with Crippen molar-refractivity contribution >= 4 is 0 Å². The van der Waals surface area contributed by atoms with E-state index in [2.05, 4.69) is 24.0 Å². The fraction of sp³-hybridized carbons (Fsp3) is 0.625. The highest BCUT2D eigenvalue weighted by Gasteiger charge is 2.30. The number of ether oxygens (including phenoxy) is 1. The van der Waals surface area contributed by atoms with Gasteiger partial charge in [-0.2, -0.15) is 8.78 Å². The van der Waals surface area contributed by atoms with Crippen molar-refractivity contribution in [2.75, 3.05) is 0 Å². The molecule has 0 amide bonds. The first-order valence-electron chi connectivity index (χ1n) is 7.50. The third-order valence-corrected chi connectivity index (χ3v) is 4.31. The standard InChI is InChI=1S/C16H24F2N2O/c1-10-6-11(2)8-13(7-10)15(20-19)12-4-3-5-14(9-12)21-16(17)18/h3-5,9-11,13,15-16,20H,6-8,19H2,1-2H3. The quantitative estimate of drug-likeness (QED) is 0.641. The first kappa shape index (κ1) is 16.2. The normalized spacial score (nSPS) is 27.6. The zero-order valence-electron chi connectivity index (χ0n) is 12.6. The molecule has 118 valence electrons. The maximum absolute atomic E-state index is 12.3. The lowest BCUT2D eigenvalue weighted by Gasteiger charge is -2.36. The van der Waals surface area contributed by atoms with Crippen LogP contribution in [0.25, 0.3) is 0 Å². The van der Waals surface area contributed by atoms with E-state index in [-0.39, 0.29) is 11.8 Å². The fourth-order valence-electron chi connectivity index (χ4n) is 3.67. The van der Waals surface area contributed by atoms with Crippen molar-refractivity contribution in [1.29, 1.82) is 0 Å². The third kappa shape index (κ3) is 4.38. The van der Waals surface area contributed by atoms with Gasteiger partial charge in [0.1, 0.15) is 5.75 Å². The molecule has 1 aromatic rings. The van der Waals surface area contributed by atoms with Crippen LogP contribution in [0, 0.1) is 17.8 Å². The Balaban J connectivity index is 2.16. The molecule has 1 fully saturated rings. The lowest BCUT2D eigenvalue weighted by atomic mass is 9.72. The number of benzene rings is 1. The summed E-state index contributed by atoms with van der Waals surface area (Å²) in [5.74, 6) is 7.66. The van der Waals surface area contributed by atoms with Crippen molar-refractivity contribution < 1.29 is 13.5 Å². The molecule has 3 atom stereocenters. The van der Waals surface area contributed by atoms with E-state index in [1.807, 2.05) is 6.07 Å². The summed E-state index contributed by atoms with van der Waals surface area (Å²) in [7, 11) is 0. The van der Waals surface area contributed by atoms with Gasteiger partial charge in [0.05, 0.1) is 0 Å². The van der Waals surface area contributed by atoms with Gasteiger partial charge in [0.25, 0.3) is 0 Å². The highest BCUT2D eigenvalue weighted by molar-refractivity contribution is 5.31. The van der Waals surface area contributed by atoms with Crippen molar-refractivity contribution in [3.63, 3.8) is 0 Å². The minimum absolute atomic E-state index is 0.0311. The molecule has 3 N–H and O–H groups in total. The average Bonchev–Trinajstić information content (AvgIpc) is 2.38. The number of rotatable bonds is 5. The maximum Gasteiger partial charge on any atom is 0.387 e. The van der Waals surface area contributed by atoms with Gasteiger partial charge in [-0.25, -0.2) is 0 Å². The fourth-order valence-corrected chi connectivity index (χ4v) is 3.67. The van der Waals surface area contributed by atoms with Crippen LogP contribution in [0.4, 0.5) is 8.78 Å². The van der Waals surface area contributed by atoms with Crippen LogP contribution in [-0.2, 0) is 0 Å². The van der Waals surface area contributed by atoms with Gasteiger partial charge in [-0.1, -0.05) is 26.0 Å². The summed E-state index contributed by atoms with van der Waals surface area (Å²) in [6.07, 6.45) is 3.43. The molecular weight excluding hydrogens is 274 g/mol. The predicted octanol–water partition coefficient (Wildman–Crippen LogP) is 3.86. The Hall–Kier alpha value is -1.20. The summed E-state index contributed by atoms with van der Waals surface area (Å²) in [5.41, 5.74) is 3.77. The zero-order valence-corrected chi connectivity index (χ0v) is 12.6. The molecule has 0 radical (unpaired) electrons. The first-order chi connectivity index (χ1) is 9.99.